The van der Waals surface area contributed by atoms with Gasteiger partial charge in [-0.1, -0.05) is 23.4 Å². The normalized spacial score (nSPS) is 10.8. The second-order valence-corrected chi connectivity index (χ2v) is 5.30. The van der Waals surface area contributed by atoms with Crippen LogP contribution in [-0.4, -0.2) is 31.0 Å². The lowest BCUT2D eigenvalue weighted by molar-refractivity contribution is 0.0697. The molecule has 0 aliphatic rings. The van der Waals surface area contributed by atoms with Crippen LogP contribution in [0.3, 0.4) is 0 Å². The van der Waals surface area contributed by atoms with Gasteiger partial charge in [0.25, 0.3) is 0 Å². The van der Waals surface area contributed by atoms with Crippen LogP contribution in [0.25, 0.3) is 11.2 Å². The molecular formula is C12H7ClN4O2S. The zero-order valence-corrected chi connectivity index (χ0v) is 11.4. The molecule has 1 aromatic carbocycles. The maximum Gasteiger partial charge on any atom is 0.337 e. The molecule has 0 atom stereocenters. The van der Waals surface area contributed by atoms with Crippen molar-refractivity contribution in [2.24, 2.45) is 0 Å². The fourth-order valence-corrected chi connectivity index (χ4v) is 2.88. The molecule has 6 nitrogen and oxygen atoms in total. The molecule has 0 aliphatic heterocycles. The van der Waals surface area contributed by atoms with Gasteiger partial charge in [-0.3, -0.25) is 0 Å². The summed E-state index contributed by atoms with van der Waals surface area (Å²) >= 11 is 7.30. The van der Waals surface area contributed by atoms with Crippen molar-refractivity contribution >= 4 is 40.5 Å². The first-order chi connectivity index (χ1) is 9.65. The van der Waals surface area contributed by atoms with Crippen LogP contribution in [0.5, 0.6) is 0 Å². The number of carboxylic acid groups (broad SMARTS) is 1. The molecule has 0 radical (unpaired) electrons. The number of fused-ring (bicyclic) bond motifs is 1. The van der Waals surface area contributed by atoms with E-state index in [0.29, 0.717) is 10.7 Å². The van der Waals surface area contributed by atoms with E-state index in [9.17, 15) is 4.79 Å². The third-order valence-electron chi connectivity index (χ3n) is 2.57. The summed E-state index contributed by atoms with van der Waals surface area (Å²) in [6.07, 6.45) is 2.97. The smallest absolute Gasteiger partial charge is 0.337 e. The Kier molecular flexibility index (Phi) is 3.29. The topological polar surface area (TPSA) is 91.8 Å². The van der Waals surface area contributed by atoms with Crippen molar-refractivity contribution in [1.29, 1.82) is 0 Å². The van der Waals surface area contributed by atoms with Crippen molar-refractivity contribution in [2.75, 3.05) is 0 Å². The zero-order chi connectivity index (χ0) is 14.1. The Balaban J connectivity index is 1.97. The van der Waals surface area contributed by atoms with E-state index in [1.165, 1.54) is 24.2 Å². The van der Waals surface area contributed by atoms with E-state index in [2.05, 4.69) is 19.9 Å². The standard InChI is InChI=1S/C12H7ClN4O2S/c13-8-3-6(1-2-7(8)12(18)19)20-11-9-10(15-4-14-9)16-5-17-11/h1-5H,(H,18,19)(H,14,15,16,17). The van der Waals surface area contributed by atoms with E-state index in [1.807, 2.05) is 0 Å². The van der Waals surface area contributed by atoms with Gasteiger partial charge >= 0.3 is 5.97 Å². The molecule has 3 aromatic rings. The van der Waals surface area contributed by atoms with E-state index < -0.39 is 5.97 Å². The van der Waals surface area contributed by atoms with E-state index in [1.54, 1.807) is 18.5 Å². The molecule has 0 fully saturated rings. The molecule has 0 amide bonds. The molecule has 3 rings (SSSR count). The van der Waals surface area contributed by atoms with Gasteiger partial charge in [0.05, 0.1) is 16.9 Å². The van der Waals surface area contributed by atoms with Gasteiger partial charge in [0.15, 0.2) is 5.65 Å². The van der Waals surface area contributed by atoms with E-state index in [4.69, 9.17) is 16.7 Å². The number of imidazole rings is 1. The minimum absolute atomic E-state index is 0.0744. The van der Waals surface area contributed by atoms with Crippen molar-refractivity contribution in [3.63, 3.8) is 0 Å². The first-order valence-electron chi connectivity index (χ1n) is 5.50. The maximum atomic E-state index is 10.9. The highest BCUT2D eigenvalue weighted by molar-refractivity contribution is 7.99. The van der Waals surface area contributed by atoms with Crippen LogP contribution in [0.2, 0.25) is 5.02 Å². The Labute approximate surface area is 122 Å². The number of carboxylic acids is 1. The lowest BCUT2D eigenvalue weighted by atomic mass is 10.2. The number of hydrogen-bond donors (Lipinski definition) is 2. The lowest BCUT2D eigenvalue weighted by Crippen LogP contribution is -1.96. The first-order valence-corrected chi connectivity index (χ1v) is 6.69. The number of hydrogen-bond acceptors (Lipinski definition) is 5. The summed E-state index contributed by atoms with van der Waals surface area (Å²) < 4.78 is 0. The average Bonchev–Trinajstić information content (AvgIpc) is 2.87. The van der Waals surface area contributed by atoms with Gasteiger partial charge in [0.1, 0.15) is 16.9 Å². The number of aromatic nitrogens is 4. The summed E-state index contributed by atoms with van der Waals surface area (Å²) in [4.78, 5) is 26.9. The van der Waals surface area contributed by atoms with Gasteiger partial charge in [0.2, 0.25) is 0 Å². The van der Waals surface area contributed by atoms with Crippen molar-refractivity contribution < 1.29 is 9.90 Å². The van der Waals surface area contributed by atoms with Gasteiger partial charge < -0.3 is 10.1 Å². The molecule has 8 heteroatoms. The predicted molar refractivity (Wildman–Crippen MR) is 74.2 cm³/mol. The Bertz CT molecular complexity index is 805. The van der Waals surface area contributed by atoms with Crippen LogP contribution in [0.4, 0.5) is 0 Å². The zero-order valence-electron chi connectivity index (χ0n) is 9.87. The summed E-state index contributed by atoms with van der Waals surface area (Å²) in [5.41, 5.74) is 1.39. The molecule has 0 unspecified atom stereocenters. The third-order valence-corrected chi connectivity index (χ3v) is 3.88. The highest BCUT2D eigenvalue weighted by Gasteiger charge is 2.12. The number of nitrogens with one attached hydrogen (secondary N) is 1. The number of H-pyrrole nitrogens is 1. The molecule has 0 spiro atoms. The Morgan fingerprint density at radius 2 is 2.15 bits per heavy atom. The Hall–Kier alpha value is -2.12. The van der Waals surface area contributed by atoms with Crippen LogP contribution < -0.4 is 0 Å². The van der Waals surface area contributed by atoms with Crippen LogP contribution in [-0.2, 0) is 0 Å². The van der Waals surface area contributed by atoms with Crippen molar-refractivity contribution in [3.8, 4) is 0 Å². The molecule has 2 N–H and O–H groups in total. The third kappa shape index (κ3) is 2.33. The summed E-state index contributed by atoms with van der Waals surface area (Å²) in [5.74, 6) is -1.05. The highest BCUT2D eigenvalue weighted by atomic mass is 35.5. The molecular weight excluding hydrogens is 300 g/mol. The van der Waals surface area contributed by atoms with Crippen LogP contribution in [0.15, 0.2) is 40.8 Å². The first kappa shape index (κ1) is 12.9. The molecule has 2 aromatic heterocycles. The fourth-order valence-electron chi connectivity index (χ4n) is 1.66. The lowest BCUT2D eigenvalue weighted by Gasteiger charge is -2.04. The number of halogens is 1. The van der Waals surface area contributed by atoms with Gasteiger partial charge in [-0.15, -0.1) is 0 Å². The minimum atomic E-state index is -1.05. The Morgan fingerprint density at radius 3 is 2.90 bits per heavy atom. The van der Waals surface area contributed by atoms with Crippen molar-refractivity contribution in [3.05, 3.63) is 41.4 Å². The predicted octanol–water partition coefficient (Wildman–Crippen LogP) is 2.86. The highest BCUT2D eigenvalue weighted by Crippen LogP contribution is 2.32. The van der Waals surface area contributed by atoms with Crippen molar-refractivity contribution in [2.45, 2.75) is 9.92 Å². The quantitative estimate of drug-likeness (QED) is 0.723. The number of nitrogens with zero attached hydrogens (tertiary/aromatic N) is 3. The van der Waals surface area contributed by atoms with Crippen molar-refractivity contribution in [1.82, 2.24) is 19.9 Å². The van der Waals surface area contributed by atoms with Gasteiger partial charge in [-0.05, 0) is 18.2 Å². The van der Waals surface area contributed by atoms with E-state index in [0.717, 1.165) is 10.4 Å². The van der Waals surface area contributed by atoms with E-state index in [-0.39, 0.29) is 10.6 Å². The maximum absolute atomic E-state index is 10.9. The van der Waals surface area contributed by atoms with E-state index >= 15 is 0 Å². The summed E-state index contributed by atoms with van der Waals surface area (Å²) in [6.45, 7) is 0. The van der Waals surface area contributed by atoms with Gasteiger partial charge in [-0.2, -0.15) is 0 Å². The van der Waals surface area contributed by atoms with Crippen LogP contribution in [0.1, 0.15) is 10.4 Å². The SMILES string of the molecule is O=C(O)c1ccc(Sc2ncnc3nc[nH]c23)cc1Cl. The second kappa shape index (κ2) is 5.10. The average molecular weight is 307 g/mol. The molecule has 0 saturated heterocycles. The second-order valence-electron chi connectivity index (χ2n) is 3.83. The van der Waals surface area contributed by atoms with Gasteiger partial charge in [0, 0.05) is 4.90 Å². The number of aromatic amines is 1. The Morgan fingerprint density at radius 1 is 1.30 bits per heavy atom. The van der Waals surface area contributed by atoms with Gasteiger partial charge in [-0.25, -0.2) is 19.7 Å². The molecule has 100 valence electrons. The molecule has 2 heterocycles. The fraction of sp³-hybridized carbons (Fsp3) is 0. The number of benzene rings is 1. The van der Waals surface area contributed by atoms with Crippen LogP contribution >= 0.6 is 23.4 Å². The monoisotopic (exact) mass is 306 g/mol. The molecule has 0 aliphatic carbocycles. The number of carbonyl (C=O) groups is 1. The summed E-state index contributed by atoms with van der Waals surface area (Å²) in [7, 11) is 0. The number of rotatable bonds is 3. The molecule has 20 heavy (non-hydrogen) atoms. The van der Waals surface area contributed by atoms with Crippen LogP contribution in [0, 0.1) is 0 Å². The summed E-state index contributed by atoms with van der Waals surface area (Å²) in [5, 5.41) is 9.83. The summed E-state index contributed by atoms with van der Waals surface area (Å²) in [6, 6.07) is 4.75. The minimum Gasteiger partial charge on any atom is -0.478 e. The molecule has 0 bridgehead atoms. The molecule has 0 saturated carbocycles. The number of aromatic carboxylic acids is 1. The largest absolute Gasteiger partial charge is 0.478 e.